The van der Waals surface area contributed by atoms with E-state index in [1.807, 2.05) is 74.6 Å². The van der Waals surface area contributed by atoms with Crippen molar-refractivity contribution in [2.24, 2.45) is 4.99 Å². The Hall–Kier alpha value is -5.54. The minimum absolute atomic E-state index is 0.214. The maximum atomic E-state index is 15.0. The Morgan fingerprint density at radius 3 is 2.21 bits per heavy atom. The van der Waals surface area contributed by atoms with Gasteiger partial charge in [-0.1, -0.05) is 151 Å². The number of rotatable bonds is 10. The van der Waals surface area contributed by atoms with Crippen LogP contribution < -0.4 is 0 Å². The molecule has 0 fully saturated rings. The molecule has 0 radical (unpaired) electrons. The van der Waals surface area contributed by atoms with E-state index in [0.717, 1.165) is 22.3 Å². The van der Waals surface area contributed by atoms with Crippen LogP contribution in [0.25, 0.3) is 44.8 Å². The van der Waals surface area contributed by atoms with Gasteiger partial charge in [0.05, 0.1) is 12.2 Å². The number of halogens is 1. The fourth-order valence-electron chi connectivity index (χ4n) is 5.78. The monoisotopic (exact) mass is 616 g/mol. The summed E-state index contributed by atoms with van der Waals surface area (Å²) in [4.78, 5) is 4.76. The number of hydrogen-bond acceptors (Lipinski definition) is 2. The van der Waals surface area contributed by atoms with Crippen LogP contribution in [0.1, 0.15) is 37.0 Å². The molecule has 0 unspecified atom stereocenters. The van der Waals surface area contributed by atoms with E-state index < -0.39 is 0 Å². The Labute approximate surface area is 278 Å². The van der Waals surface area contributed by atoms with Crippen LogP contribution in [-0.2, 0) is 0 Å². The van der Waals surface area contributed by atoms with E-state index in [0.29, 0.717) is 22.8 Å². The summed E-state index contributed by atoms with van der Waals surface area (Å²) >= 11 is 0. The van der Waals surface area contributed by atoms with Gasteiger partial charge in [0.15, 0.2) is 5.84 Å². The summed E-state index contributed by atoms with van der Waals surface area (Å²) in [6.07, 6.45) is 26.0. The van der Waals surface area contributed by atoms with Gasteiger partial charge in [-0.05, 0) is 88.7 Å². The second-order valence-electron chi connectivity index (χ2n) is 11.4. The van der Waals surface area contributed by atoms with Crippen molar-refractivity contribution >= 4 is 39.5 Å². The standard InChI is InChI=1S/C44H41FN2/c1-6-9-12-17-32(4)44-46-43(22-16-29-47(44)45)37(18-13-10-7-2)30-34-23-25-35(26-24-34)36-27-28-41-40-21-15-14-20-38(40)33(5)39(19-11-8-3)42(41)31-36/h6-15,17-28,30-31H,3-4,16,29H2,1-2,5H3/b9-6-,10-7-,17-12-,18-13-,19-11-,37-30-. The first kappa shape index (κ1) is 32.8. The number of aryl methyl sites for hydroxylation is 1. The quantitative estimate of drug-likeness (QED) is 0.0983. The Kier molecular flexibility index (Phi) is 10.9. The van der Waals surface area contributed by atoms with Gasteiger partial charge in [0.2, 0.25) is 0 Å². The molecular formula is C44H41FN2. The average Bonchev–Trinajstić information content (AvgIpc) is 3.29. The molecule has 2 nitrogen and oxygen atoms in total. The Bertz CT molecular complexity index is 2040. The average molecular weight is 617 g/mol. The van der Waals surface area contributed by atoms with Gasteiger partial charge in [-0.2, -0.15) is 5.12 Å². The van der Waals surface area contributed by atoms with E-state index in [1.165, 1.54) is 32.7 Å². The maximum absolute atomic E-state index is 15.0. The van der Waals surface area contributed by atoms with Crippen LogP contribution in [0.3, 0.4) is 0 Å². The molecule has 234 valence electrons. The molecule has 0 bridgehead atoms. The first-order chi connectivity index (χ1) is 22.9. The van der Waals surface area contributed by atoms with Crippen molar-refractivity contribution < 1.29 is 4.48 Å². The number of aliphatic imine (C=N–C) groups is 1. The first-order valence-electron chi connectivity index (χ1n) is 16.0. The molecule has 0 saturated heterocycles. The molecule has 4 aromatic carbocycles. The highest BCUT2D eigenvalue weighted by molar-refractivity contribution is 6.13. The fraction of sp³-hybridized carbons (Fsp3) is 0.114. The molecular weight excluding hydrogens is 575 g/mol. The topological polar surface area (TPSA) is 15.6 Å². The molecule has 4 aromatic rings. The molecule has 1 heterocycles. The SMILES string of the molecule is C=C/C=C\c1c(C)c2ccccc2c2ccc(-c3ccc(/C=C(/C=C\C=C/C)C4=CCCN(F)C(C(=C)/C=C\C=C/C)=N4)cc3)cc12. The van der Waals surface area contributed by atoms with Crippen LogP contribution in [0, 0.1) is 6.92 Å². The van der Waals surface area contributed by atoms with Crippen molar-refractivity contribution in [3.63, 3.8) is 0 Å². The normalized spacial score (nSPS) is 14.7. The van der Waals surface area contributed by atoms with Crippen molar-refractivity contribution in [2.75, 3.05) is 6.54 Å². The zero-order valence-corrected chi connectivity index (χ0v) is 27.5. The number of allylic oxidation sites excluding steroid dienone is 9. The largest absolute Gasteiger partial charge is 0.228 e. The Morgan fingerprint density at radius 2 is 1.49 bits per heavy atom. The summed E-state index contributed by atoms with van der Waals surface area (Å²) in [5.41, 5.74) is 7.89. The molecule has 1 aliphatic rings. The summed E-state index contributed by atoms with van der Waals surface area (Å²) in [7, 11) is 0. The zero-order chi connectivity index (χ0) is 33.2. The second kappa shape index (κ2) is 15.6. The van der Waals surface area contributed by atoms with Crippen molar-refractivity contribution in [1.82, 2.24) is 5.12 Å². The van der Waals surface area contributed by atoms with E-state index in [-0.39, 0.29) is 12.4 Å². The first-order valence-corrected chi connectivity index (χ1v) is 16.0. The number of amidine groups is 1. The highest BCUT2D eigenvalue weighted by Gasteiger charge is 2.17. The van der Waals surface area contributed by atoms with Gasteiger partial charge in [-0.15, -0.1) is 0 Å². The summed E-state index contributed by atoms with van der Waals surface area (Å²) in [5.74, 6) is 0.219. The molecule has 0 spiro atoms. The lowest BCUT2D eigenvalue weighted by Gasteiger charge is -2.14. The van der Waals surface area contributed by atoms with Crippen LogP contribution in [0.4, 0.5) is 4.48 Å². The lowest BCUT2D eigenvalue weighted by Crippen LogP contribution is -2.23. The molecule has 0 saturated carbocycles. The summed E-state index contributed by atoms with van der Waals surface area (Å²) < 4.78 is 15.0. The van der Waals surface area contributed by atoms with Crippen LogP contribution in [0.15, 0.2) is 169 Å². The van der Waals surface area contributed by atoms with Gasteiger partial charge in [0, 0.05) is 11.1 Å². The van der Waals surface area contributed by atoms with Gasteiger partial charge in [-0.25, -0.2) is 4.99 Å². The molecule has 47 heavy (non-hydrogen) atoms. The molecule has 1 aliphatic heterocycles. The molecule has 0 aromatic heterocycles. The van der Waals surface area contributed by atoms with E-state index in [2.05, 4.69) is 99.0 Å². The van der Waals surface area contributed by atoms with Crippen LogP contribution in [0.5, 0.6) is 0 Å². The van der Waals surface area contributed by atoms with Gasteiger partial charge in [-0.3, -0.25) is 0 Å². The summed E-state index contributed by atoms with van der Waals surface area (Å²) in [6, 6.07) is 23.9. The predicted molar refractivity (Wildman–Crippen MR) is 204 cm³/mol. The second-order valence-corrected chi connectivity index (χ2v) is 11.4. The molecule has 0 aliphatic carbocycles. The zero-order valence-electron chi connectivity index (χ0n) is 27.5. The Morgan fingerprint density at radius 1 is 0.809 bits per heavy atom. The van der Waals surface area contributed by atoms with Crippen molar-refractivity contribution in [2.45, 2.75) is 27.2 Å². The van der Waals surface area contributed by atoms with E-state index >= 15 is 4.48 Å². The van der Waals surface area contributed by atoms with Gasteiger partial charge < -0.3 is 0 Å². The third-order valence-corrected chi connectivity index (χ3v) is 8.18. The van der Waals surface area contributed by atoms with Gasteiger partial charge in [0.1, 0.15) is 0 Å². The third-order valence-electron chi connectivity index (χ3n) is 8.18. The smallest absolute Gasteiger partial charge is 0.164 e. The third kappa shape index (κ3) is 7.65. The molecule has 0 atom stereocenters. The fourth-order valence-corrected chi connectivity index (χ4v) is 5.78. The predicted octanol–water partition coefficient (Wildman–Crippen LogP) is 12.2. The van der Waals surface area contributed by atoms with Crippen LogP contribution in [0.2, 0.25) is 0 Å². The summed E-state index contributed by atoms with van der Waals surface area (Å²) in [6.45, 7) is 14.3. The molecule has 0 N–H and O–H groups in total. The van der Waals surface area contributed by atoms with E-state index in [4.69, 9.17) is 4.99 Å². The van der Waals surface area contributed by atoms with Crippen LogP contribution in [-0.4, -0.2) is 17.5 Å². The molecule has 5 rings (SSSR count). The lowest BCUT2D eigenvalue weighted by molar-refractivity contribution is 0.125. The molecule has 0 amide bonds. The Balaban J connectivity index is 1.54. The van der Waals surface area contributed by atoms with Crippen molar-refractivity contribution in [3.05, 3.63) is 180 Å². The highest BCUT2D eigenvalue weighted by Crippen LogP contribution is 2.36. The van der Waals surface area contributed by atoms with E-state index in [9.17, 15) is 0 Å². The number of nitrogens with zero attached hydrogens (tertiary/aromatic N) is 2. The number of fused-ring (bicyclic) bond motifs is 3. The highest BCUT2D eigenvalue weighted by atomic mass is 19.2. The van der Waals surface area contributed by atoms with Crippen molar-refractivity contribution in [3.8, 4) is 11.1 Å². The van der Waals surface area contributed by atoms with Gasteiger partial charge >= 0.3 is 0 Å². The maximum Gasteiger partial charge on any atom is 0.164 e. The van der Waals surface area contributed by atoms with Gasteiger partial charge in [0.25, 0.3) is 0 Å². The van der Waals surface area contributed by atoms with Crippen LogP contribution >= 0.6 is 0 Å². The lowest BCUT2D eigenvalue weighted by atomic mass is 9.90. The minimum atomic E-state index is 0.214. The minimum Gasteiger partial charge on any atom is -0.228 e. The summed E-state index contributed by atoms with van der Waals surface area (Å²) in [5, 5.41) is 5.66. The van der Waals surface area contributed by atoms with Crippen molar-refractivity contribution in [1.29, 1.82) is 0 Å². The number of hydrogen-bond donors (Lipinski definition) is 0. The number of benzene rings is 4. The van der Waals surface area contributed by atoms with E-state index in [1.54, 1.807) is 6.08 Å². The molecule has 3 heteroatoms.